The minimum Gasteiger partial charge on any atom is -0.497 e. The lowest BCUT2D eigenvalue weighted by Gasteiger charge is -2.39. The van der Waals surface area contributed by atoms with Crippen molar-refractivity contribution in [3.63, 3.8) is 0 Å². The molecule has 3 amide bonds. The minimum absolute atomic E-state index is 0.0420. The predicted molar refractivity (Wildman–Crippen MR) is 273 cm³/mol. The number of unbranched alkanes of at least 4 members (excludes halogenated alkanes) is 1. The number of fused-ring (bicyclic) bond motifs is 4. The first kappa shape index (κ1) is 49.0. The number of anilines is 3. The molecule has 70 heavy (non-hydrogen) atoms. The van der Waals surface area contributed by atoms with Crippen molar-refractivity contribution in [2.24, 2.45) is 5.92 Å². The number of aliphatic hydroxyl groups excluding tert-OH is 2. The van der Waals surface area contributed by atoms with Crippen LogP contribution >= 0.6 is 0 Å². The quantitative estimate of drug-likeness (QED) is 0.0648. The van der Waals surface area contributed by atoms with E-state index in [0.29, 0.717) is 61.6 Å². The maximum atomic E-state index is 15.7. The maximum absolute atomic E-state index is 15.7. The topological polar surface area (TPSA) is 150 Å². The number of ether oxygens (including phenoxy) is 4. The highest BCUT2D eigenvalue weighted by atomic mass is 28.3. The van der Waals surface area contributed by atoms with Gasteiger partial charge in [-0.05, 0) is 128 Å². The molecule has 368 valence electrons. The molecule has 6 atom stereocenters. The molecular weight excluding hydrogens is 901 g/mol. The molecule has 1 unspecified atom stereocenters. The number of carbonyl (C=O) groups is 3. The van der Waals surface area contributed by atoms with Crippen molar-refractivity contribution >= 4 is 48.0 Å². The van der Waals surface area contributed by atoms with E-state index >= 15 is 4.79 Å². The standard InChI is InChI=1S/C56H66N4O9Si/c1-7-68-45-21-24-49-40(29-45)30-48(57-26-10-11-27-61)54(64)60(49)41-16-14-37(15-17-41)33-59-50-25-20-44(67-4)31-47(50)56(55(59)65)36(2)53(70(5,6)46-22-18-43(66-3)19-23-46)51(69-56)32-52(63)58-34-39-13-9-8-12-38(39)28-42(58)35-62/h8-9,12-25,29,31,36,42,48,51,53,57,61-62H,7,10-11,26-28,30,32-35H2,1-6H3/t36-,42+,48?,51+,53-,56+/m1/s1. The van der Waals surface area contributed by atoms with Crippen LogP contribution in [-0.4, -0.2) is 99.7 Å². The summed E-state index contributed by atoms with van der Waals surface area (Å²) < 4.78 is 24.6. The van der Waals surface area contributed by atoms with Gasteiger partial charge in [-0.1, -0.05) is 73.7 Å². The predicted octanol–water partition coefficient (Wildman–Crippen LogP) is 7.15. The summed E-state index contributed by atoms with van der Waals surface area (Å²) in [5.41, 5.74) is 5.32. The highest BCUT2D eigenvalue weighted by Crippen LogP contribution is 2.60. The molecule has 4 aliphatic heterocycles. The fraction of sp³-hybridized carbons (Fsp3) is 0.411. The third-order valence-electron chi connectivity index (χ3n) is 15.4. The van der Waals surface area contributed by atoms with E-state index in [1.54, 1.807) is 28.9 Å². The Balaban J connectivity index is 1.05. The highest BCUT2D eigenvalue weighted by molar-refractivity contribution is 6.91. The monoisotopic (exact) mass is 966 g/mol. The van der Waals surface area contributed by atoms with Crippen molar-refractivity contribution in [2.45, 2.75) is 101 Å². The molecule has 0 saturated carbocycles. The second-order valence-corrected chi connectivity index (χ2v) is 24.4. The van der Waals surface area contributed by atoms with Crippen LogP contribution in [0, 0.1) is 5.92 Å². The number of rotatable bonds is 17. The Morgan fingerprint density at radius 2 is 1.53 bits per heavy atom. The van der Waals surface area contributed by atoms with E-state index in [1.807, 2.05) is 97.9 Å². The molecular formula is C56H66N4O9Si. The zero-order chi connectivity index (χ0) is 49.3. The van der Waals surface area contributed by atoms with E-state index in [2.05, 4.69) is 43.5 Å². The second kappa shape index (κ2) is 20.4. The molecule has 5 aromatic carbocycles. The summed E-state index contributed by atoms with van der Waals surface area (Å²) >= 11 is 0. The van der Waals surface area contributed by atoms with Gasteiger partial charge in [0.05, 0.1) is 78.0 Å². The maximum Gasteiger partial charge on any atom is 0.264 e. The van der Waals surface area contributed by atoms with Crippen molar-refractivity contribution in [2.75, 3.05) is 50.4 Å². The third-order valence-corrected chi connectivity index (χ3v) is 19.7. The summed E-state index contributed by atoms with van der Waals surface area (Å²) in [6, 6.07) is 34.7. The molecule has 14 heteroatoms. The Kier molecular flexibility index (Phi) is 14.2. The van der Waals surface area contributed by atoms with Crippen molar-refractivity contribution < 1.29 is 43.5 Å². The number of nitrogens with one attached hydrogen (secondary N) is 1. The third kappa shape index (κ3) is 8.89. The number of hydrogen-bond donors (Lipinski definition) is 3. The largest absolute Gasteiger partial charge is 0.497 e. The van der Waals surface area contributed by atoms with Gasteiger partial charge in [0.25, 0.3) is 5.91 Å². The van der Waals surface area contributed by atoms with Gasteiger partial charge in [-0.25, -0.2) is 0 Å². The molecule has 4 aliphatic rings. The van der Waals surface area contributed by atoms with Crippen LogP contribution in [0.15, 0.2) is 109 Å². The number of hydrogen-bond acceptors (Lipinski definition) is 10. The molecule has 1 spiro atoms. The van der Waals surface area contributed by atoms with Crippen LogP contribution in [0.3, 0.4) is 0 Å². The zero-order valence-corrected chi connectivity index (χ0v) is 42.2. The summed E-state index contributed by atoms with van der Waals surface area (Å²) in [5, 5.41) is 24.6. The van der Waals surface area contributed by atoms with Crippen LogP contribution in [-0.2, 0) is 50.7 Å². The molecule has 5 aromatic rings. The van der Waals surface area contributed by atoms with Gasteiger partial charge >= 0.3 is 0 Å². The second-order valence-electron chi connectivity index (χ2n) is 19.7. The zero-order valence-electron chi connectivity index (χ0n) is 41.2. The van der Waals surface area contributed by atoms with Gasteiger partial charge in [0.15, 0.2) is 5.60 Å². The summed E-state index contributed by atoms with van der Waals surface area (Å²) in [4.78, 5) is 50.2. The Bertz CT molecular complexity index is 2710. The first-order chi connectivity index (χ1) is 33.9. The van der Waals surface area contributed by atoms with Crippen LogP contribution < -0.4 is 34.5 Å². The SMILES string of the molecule is CCOc1ccc2c(c1)CC(NCCCCO)C(=O)N2c1ccc(CN2C(=O)[C@@]3(O[C@@H](CC(=O)N4Cc5ccccc5C[C@H]4CO)[C@H]([Si](C)(C)c4ccc(OC)cc4)[C@H]3C)c3cc(OC)ccc32)cc1. The summed E-state index contributed by atoms with van der Waals surface area (Å²) in [5.74, 6) is 1.33. The molecule has 0 bridgehead atoms. The van der Waals surface area contributed by atoms with Crippen LogP contribution in [0.4, 0.5) is 17.1 Å². The van der Waals surface area contributed by atoms with E-state index in [4.69, 9.17) is 18.9 Å². The van der Waals surface area contributed by atoms with E-state index in [0.717, 1.165) is 51.0 Å². The summed E-state index contributed by atoms with van der Waals surface area (Å²) in [6.07, 6.45) is 1.88. The Labute approximate surface area is 412 Å². The van der Waals surface area contributed by atoms with Gasteiger partial charge in [0, 0.05) is 30.3 Å². The number of carbonyl (C=O) groups excluding carboxylic acids is 3. The summed E-state index contributed by atoms with van der Waals surface area (Å²) in [6.45, 7) is 10.3. The smallest absolute Gasteiger partial charge is 0.264 e. The van der Waals surface area contributed by atoms with Gasteiger partial charge in [-0.15, -0.1) is 0 Å². The fourth-order valence-corrected chi connectivity index (χ4v) is 15.8. The Morgan fingerprint density at radius 3 is 2.23 bits per heavy atom. The number of aliphatic hydroxyl groups is 2. The molecule has 13 nitrogen and oxygen atoms in total. The van der Waals surface area contributed by atoms with E-state index in [9.17, 15) is 19.8 Å². The average Bonchev–Trinajstić information content (AvgIpc) is 3.80. The van der Waals surface area contributed by atoms with Crippen LogP contribution in [0.2, 0.25) is 18.6 Å². The number of methoxy groups -OCH3 is 2. The molecule has 4 heterocycles. The first-order valence-electron chi connectivity index (χ1n) is 24.7. The van der Waals surface area contributed by atoms with E-state index in [-0.39, 0.29) is 61.4 Å². The van der Waals surface area contributed by atoms with Crippen LogP contribution in [0.1, 0.15) is 60.9 Å². The van der Waals surface area contributed by atoms with Crippen molar-refractivity contribution in [3.05, 3.63) is 137 Å². The lowest BCUT2D eigenvalue weighted by Crippen LogP contribution is -2.52. The lowest BCUT2D eigenvalue weighted by atomic mass is 9.82. The van der Waals surface area contributed by atoms with Crippen LogP contribution in [0.25, 0.3) is 0 Å². The Morgan fingerprint density at radius 1 is 0.829 bits per heavy atom. The van der Waals surface area contributed by atoms with E-state index in [1.165, 1.54) is 0 Å². The molecule has 1 saturated heterocycles. The normalized spacial score (nSPS) is 22.8. The average molecular weight is 967 g/mol. The van der Waals surface area contributed by atoms with Crippen molar-refractivity contribution in [1.29, 1.82) is 0 Å². The van der Waals surface area contributed by atoms with Crippen molar-refractivity contribution in [3.8, 4) is 17.2 Å². The molecule has 0 radical (unpaired) electrons. The first-order valence-corrected chi connectivity index (χ1v) is 27.8. The van der Waals surface area contributed by atoms with Crippen LogP contribution in [0.5, 0.6) is 17.2 Å². The number of amides is 3. The molecule has 3 N–H and O–H groups in total. The molecule has 9 rings (SSSR count). The molecule has 1 fully saturated rings. The molecule has 0 aliphatic carbocycles. The van der Waals surface area contributed by atoms with Gasteiger partial charge in [-0.3, -0.25) is 19.3 Å². The number of nitrogens with zero attached hydrogens (tertiary/aromatic N) is 3. The lowest BCUT2D eigenvalue weighted by molar-refractivity contribution is -0.151. The van der Waals surface area contributed by atoms with Gasteiger partial charge < -0.3 is 44.3 Å². The molecule has 0 aromatic heterocycles. The minimum atomic E-state index is -2.60. The van der Waals surface area contributed by atoms with Gasteiger partial charge in [0.2, 0.25) is 11.8 Å². The highest BCUT2D eigenvalue weighted by Gasteiger charge is 2.66. The van der Waals surface area contributed by atoms with Gasteiger partial charge in [-0.2, -0.15) is 0 Å². The van der Waals surface area contributed by atoms with E-state index < -0.39 is 25.8 Å². The number of benzene rings is 5. The summed E-state index contributed by atoms with van der Waals surface area (Å²) in [7, 11) is 0.657. The Hall–Kier alpha value is -6.03. The van der Waals surface area contributed by atoms with Gasteiger partial charge in [0.1, 0.15) is 17.2 Å². The van der Waals surface area contributed by atoms with Crippen molar-refractivity contribution in [1.82, 2.24) is 10.2 Å². The fourth-order valence-electron chi connectivity index (χ4n) is 11.8.